The lowest BCUT2D eigenvalue weighted by Crippen LogP contribution is -2.34. The zero-order valence-electron chi connectivity index (χ0n) is 16.7. The Hall–Kier alpha value is -2.17. The average Bonchev–Trinajstić information content (AvgIpc) is 2.93. The van der Waals surface area contributed by atoms with E-state index in [1.807, 2.05) is 37.3 Å². The molecule has 1 fully saturated rings. The van der Waals surface area contributed by atoms with Crippen molar-refractivity contribution in [3.8, 4) is 0 Å². The van der Waals surface area contributed by atoms with E-state index >= 15 is 0 Å². The lowest BCUT2D eigenvalue weighted by atomic mass is 9.79. The number of ether oxygens (including phenoxy) is 2. The summed E-state index contributed by atoms with van der Waals surface area (Å²) in [5, 5.41) is 0. The van der Waals surface area contributed by atoms with E-state index in [0.29, 0.717) is 12.8 Å². The number of esters is 2. The molecule has 0 aliphatic carbocycles. The lowest BCUT2D eigenvalue weighted by Gasteiger charge is -2.23. The molecular weight excluding hydrogens is 344 g/mol. The van der Waals surface area contributed by atoms with Gasteiger partial charge in [-0.05, 0) is 39.2 Å². The summed E-state index contributed by atoms with van der Waals surface area (Å²) in [5.74, 6) is -2.56. The minimum Gasteiger partial charge on any atom is -0.465 e. The Balaban J connectivity index is 2.11. The summed E-state index contributed by atoms with van der Waals surface area (Å²) in [6.07, 6.45) is 1.92. The van der Waals surface area contributed by atoms with E-state index in [0.717, 1.165) is 12.0 Å². The first-order chi connectivity index (χ1) is 12.7. The monoisotopic (exact) mass is 374 g/mol. The van der Waals surface area contributed by atoms with Gasteiger partial charge in [-0.15, -0.1) is 0 Å². The van der Waals surface area contributed by atoms with Crippen molar-refractivity contribution in [3.63, 3.8) is 0 Å². The third-order valence-corrected chi connectivity index (χ3v) is 4.68. The Morgan fingerprint density at radius 1 is 1.22 bits per heavy atom. The van der Waals surface area contributed by atoms with Crippen LogP contribution in [0, 0.1) is 17.8 Å². The molecule has 0 N–H and O–H groups in total. The van der Waals surface area contributed by atoms with E-state index in [1.165, 1.54) is 0 Å². The van der Waals surface area contributed by atoms with Crippen molar-refractivity contribution in [2.75, 3.05) is 6.61 Å². The van der Waals surface area contributed by atoms with Gasteiger partial charge < -0.3 is 9.47 Å². The largest absolute Gasteiger partial charge is 0.465 e. The highest BCUT2D eigenvalue weighted by Crippen LogP contribution is 2.31. The maximum Gasteiger partial charge on any atom is 0.316 e. The van der Waals surface area contributed by atoms with Crippen molar-refractivity contribution in [3.05, 3.63) is 35.9 Å². The molecule has 1 saturated heterocycles. The molecule has 148 valence electrons. The van der Waals surface area contributed by atoms with Gasteiger partial charge in [0, 0.05) is 11.8 Å². The molecule has 1 aliphatic heterocycles. The molecule has 2 rings (SSSR count). The molecule has 5 nitrogen and oxygen atoms in total. The van der Waals surface area contributed by atoms with Crippen LogP contribution in [0.1, 0.15) is 52.5 Å². The van der Waals surface area contributed by atoms with Crippen LogP contribution >= 0.6 is 0 Å². The third-order valence-electron chi connectivity index (χ3n) is 4.68. The smallest absolute Gasteiger partial charge is 0.316 e. The molecular formula is C22H30O5. The Bertz CT molecular complexity index is 659. The van der Waals surface area contributed by atoms with Crippen molar-refractivity contribution >= 4 is 17.7 Å². The van der Waals surface area contributed by atoms with E-state index in [2.05, 4.69) is 0 Å². The highest BCUT2D eigenvalue weighted by atomic mass is 16.6. The molecule has 1 unspecified atom stereocenters. The van der Waals surface area contributed by atoms with Gasteiger partial charge in [-0.2, -0.15) is 0 Å². The molecule has 1 aromatic rings. The average molecular weight is 374 g/mol. The summed E-state index contributed by atoms with van der Waals surface area (Å²) in [6.45, 7) is 7.60. The van der Waals surface area contributed by atoms with Crippen LogP contribution in [0.3, 0.4) is 0 Å². The van der Waals surface area contributed by atoms with Crippen molar-refractivity contribution in [2.45, 2.75) is 59.0 Å². The van der Waals surface area contributed by atoms with E-state index < -0.39 is 29.4 Å². The Morgan fingerprint density at radius 3 is 2.48 bits per heavy atom. The predicted molar refractivity (Wildman–Crippen MR) is 102 cm³/mol. The Labute approximate surface area is 161 Å². The normalized spacial score (nSPS) is 20.8. The fourth-order valence-corrected chi connectivity index (χ4v) is 3.54. The van der Waals surface area contributed by atoms with Gasteiger partial charge in [0.25, 0.3) is 0 Å². The number of benzene rings is 1. The Kier molecular flexibility index (Phi) is 7.17. The number of rotatable bonds is 8. The van der Waals surface area contributed by atoms with Crippen LogP contribution < -0.4 is 0 Å². The summed E-state index contributed by atoms with van der Waals surface area (Å²) in [5.41, 5.74) is 0.469. The van der Waals surface area contributed by atoms with Crippen LogP contribution in [0.4, 0.5) is 0 Å². The maximum atomic E-state index is 13.1. The first-order valence-electron chi connectivity index (χ1n) is 9.67. The van der Waals surface area contributed by atoms with Gasteiger partial charge in [0.2, 0.25) is 0 Å². The molecule has 0 aromatic heterocycles. The Morgan fingerprint density at radius 2 is 1.89 bits per heavy atom. The quantitative estimate of drug-likeness (QED) is 0.512. The molecule has 0 bridgehead atoms. The third kappa shape index (κ3) is 6.19. The SMILES string of the molecule is CCC[C@H](CC(=O)OC(C)(C)C)C(=O)C1C(=O)OC[C@@H]1Cc1ccccc1. The summed E-state index contributed by atoms with van der Waals surface area (Å²) in [6, 6.07) is 9.77. The van der Waals surface area contributed by atoms with Crippen molar-refractivity contribution in [1.82, 2.24) is 0 Å². The van der Waals surface area contributed by atoms with E-state index in [1.54, 1.807) is 20.8 Å². The molecule has 0 saturated carbocycles. The van der Waals surface area contributed by atoms with E-state index in [4.69, 9.17) is 9.47 Å². The number of hydrogen-bond donors (Lipinski definition) is 0. The number of cyclic esters (lactones) is 1. The molecule has 0 radical (unpaired) electrons. The van der Waals surface area contributed by atoms with Gasteiger partial charge >= 0.3 is 11.9 Å². The van der Waals surface area contributed by atoms with Gasteiger partial charge in [-0.1, -0.05) is 43.7 Å². The topological polar surface area (TPSA) is 69.7 Å². The fraction of sp³-hybridized carbons (Fsp3) is 0.591. The second-order valence-electron chi connectivity index (χ2n) is 8.24. The first-order valence-corrected chi connectivity index (χ1v) is 9.67. The number of carbonyl (C=O) groups is 3. The van der Waals surface area contributed by atoms with Crippen molar-refractivity contribution in [1.29, 1.82) is 0 Å². The number of hydrogen-bond acceptors (Lipinski definition) is 5. The highest BCUT2D eigenvalue weighted by Gasteiger charge is 2.44. The number of Topliss-reactive ketones (excluding diaryl/α,β-unsaturated/α-hetero) is 1. The van der Waals surface area contributed by atoms with Crippen molar-refractivity contribution in [2.24, 2.45) is 17.8 Å². The van der Waals surface area contributed by atoms with Crippen LogP contribution in [0.15, 0.2) is 30.3 Å². The fourth-order valence-electron chi connectivity index (χ4n) is 3.54. The van der Waals surface area contributed by atoms with Crippen LogP contribution in [0.25, 0.3) is 0 Å². The van der Waals surface area contributed by atoms with Gasteiger partial charge in [0.1, 0.15) is 11.5 Å². The minimum atomic E-state index is -0.802. The number of carbonyl (C=O) groups excluding carboxylic acids is 3. The molecule has 1 aliphatic rings. The van der Waals surface area contributed by atoms with Gasteiger partial charge in [0.05, 0.1) is 13.0 Å². The summed E-state index contributed by atoms with van der Waals surface area (Å²) < 4.78 is 10.6. The maximum absolute atomic E-state index is 13.1. The highest BCUT2D eigenvalue weighted by molar-refractivity contribution is 6.02. The molecule has 0 amide bonds. The number of ketones is 1. The summed E-state index contributed by atoms with van der Waals surface area (Å²) in [4.78, 5) is 37.6. The van der Waals surface area contributed by atoms with Crippen LogP contribution in [0.5, 0.6) is 0 Å². The molecule has 1 aromatic carbocycles. The second-order valence-corrected chi connectivity index (χ2v) is 8.24. The summed E-state index contributed by atoms with van der Waals surface area (Å²) in [7, 11) is 0. The zero-order chi connectivity index (χ0) is 20.0. The second kappa shape index (κ2) is 9.16. The molecule has 1 heterocycles. The van der Waals surface area contributed by atoms with Gasteiger partial charge in [0.15, 0.2) is 5.78 Å². The molecule has 5 heteroatoms. The molecule has 27 heavy (non-hydrogen) atoms. The van der Waals surface area contributed by atoms with Crippen LogP contribution in [-0.2, 0) is 30.3 Å². The minimum absolute atomic E-state index is 0.00573. The van der Waals surface area contributed by atoms with E-state index in [9.17, 15) is 14.4 Å². The standard InChI is InChI=1S/C22H30O5/c1-5-9-16(13-18(23)27-22(2,3)4)20(24)19-17(14-26-21(19)25)12-15-10-7-6-8-11-15/h6-8,10-11,16-17,19H,5,9,12-14H2,1-4H3/t16-,17+,19?/m1/s1. The van der Waals surface area contributed by atoms with Crippen LogP contribution in [0.2, 0.25) is 0 Å². The predicted octanol–water partition coefficient (Wildman–Crippen LogP) is 3.74. The first kappa shape index (κ1) is 21.1. The van der Waals surface area contributed by atoms with Gasteiger partial charge in [-0.25, -0.2) is 0 Å². The zero-order valence-corrected chi connectivity index (χ0v) is 16.7. The van der Waals surface area contributed by atoms with Crippen LogP contribution in [-0.4, -0.2) is 29.9 Å². The molecule has 3 atom stereocenters. The van der Waals surface area contributed by atoms with Crippen molar-refractivity contribution < 1.29 is 23.9 Å². The van der Waals surface area contributed by atoms with Gasteiger partial charge in [-0.3, -0.25) is 14.4 Å². The summed E-state index contributed by atoms with van der Waals surface area (Å²) >= 11 is 0. The van der Waals surface area contributed by atoms with E-state index in [-0.39, 0.29) is 24.7 Å². The lowest BCUT2D eigenvalue weighted by molar-refractivity contribution is -0.158. The molecule has 0 spiro atoms.